The van der Waals surface area contributed by atoms with Crippen LogP contribution in [-0.2, 0) is 4.79 Å². The van der Waals surface area contributed by atoms with E-state index in [1.54, 1.807) is 25.1 Å². The summed E-state index contributed by atoms with van der Waals surface area (Å²) in [4.78, 5) is 12.4. The molecule has 1 atom stereocenters. The molecule has 1 unspecified atom stereocenters. The van der Waals surface area contributed by atoms with E-state index in [0.717, 1.165) is 16.9 Å². The first kappa shape index (κ1) is 16.2. The highest BCUT2D eigenvalue weighted by Gasteiger charge is 2.18. The van der Waals surface area contributed by atoms with Crippen molar-refractivity contribution < 1.29 is 19.0 Å². The van der Waals surface area contributed by atoms with E-state index in [1.165, 1.54) is 0 Å². The zero-order chi connectivity index (χ0) is 17.1. The predicted molar refractivity (Wildman–Crippen MR) is 92.1 cm³/mol. The normalized spacial score (nSPS) is 14.0. The van der Waals surface area contributed by atoms with Crippen molar-refractivity contribution in [3.8, 4) is 17.2 Å². The zero-order valence-corrected chi connectivity index (χ0v) is 14.1. The van der Waals surface area contributed by atoms with Gasteiger partial charge in [-0.05, 0) is 50.1 Å². The SMILES string of the molecule is Cc1ccc(C)c(OC(C)C(=O)Nc2ccc3c(c2)OCCO3)c1. The zero-order valence-electron chi connectivity index (χ0n) is 14.1. The fourth-order valence-corrected chi connectivity index (χ4v) is 2.44. The molecule has 1 amide bonds. The summed E-state index contributed by atoms with van der Waals surface area (Å²) in [5.74, 6) is 1.84. The Morgan fingerprint density at radius 1 is 1.08 bits per heavy atom. The number of ether oxygens (including phenoxy) is 3. The molecule has 0 aliphatic carbocycles. The van der Waals surface area contributed by atoms with Crippen LogP contribution < -0.4 is 19.5 Å². The van der Waals surface area contributed by atoms with Gasteiger partial charge >= 0.3 is 0 Å². The maximum atomic E-state index is 12.4. The van der Waals surface area contributed by atoms with E-state index in [0.29, 0.717) is 30.4 Å². The van der Waals surface area contributed by atoms with Crippen molar-refractivity contribution in [2.75, 3.05) is 18.5 Å². The molecular formula is C19H21NO4. The Bertz CT molecular complexity index is 757. The van der Waals surface area contributed by atoms with Crippen molar-refractivity contribution in [3.05, 3.63) is 47.5 Å². The minimum absolute atomic E-state index is 0.215. The lowest BCUT2D eigenvalue weighted by atomic mass is 10.1. The van der Waals surface area contributed by atoms with E-state index in [1.807, 2.05) is 32.0 Å². The molecule has 5 heteroatoms. The molecule has 0 saturated heterocycles. The molecule has 0 bridgehead atoms. The third kappa shape index (κ3) is 3.62. The quantitative estimate of drug-likeness (QED) is 0.934. The first-order valence-electron chi connectivity index (χ1n) is 7.97. The molecule has 1 aliphatic rings. The first-order valence-corrected chi connectivity index (χ1v) is 7.97. The van der Waals surface area contributed by atoms with Crippen LogP contribution >= 0.6 is 0 Å². The van der Waals surface area contributed by atoms with E-state index >= 15 is 0 Å². The van der Waals surface area contributed by atoms with Crippen LogP contribution in [0.4, 0.5) is 5.69 Å². The molecule has 126 valence electrons. The van der Waals surface area contributed by atoms with Gasteiger partial charge in [-0.2, -0.15) is 0 Å². The predicted octanol–water partition coefficient (Wildman–Crippen LogP) is 3.48. The Balaban J connectivity index is 1.67. The molecule has 3 rings (SSSR count). The maximum absolute atomic E-state index is 12.4. The van der Waals surface area contributed by atoms with E-state index in [2.05, 4.69) is 5.32 Å². The largest absolute Gasteiger partial charge is 0.486 e. The lowest BCUT2D eigenvalue weighted by molar-refractivity contribution is -0.122. The van der Waals surface area contributed by atoms with Crippen LogP contribution in [-0.4, -0.2) is 25.2 Å². The van der Waals surface area contributed by atoms with Gasteiger partial charge < -0.3 is 19.5 Å². The van der Waals surface area contributed by atoms with Crippen LogP contribution in [0, 0.1) is 13.8 Å². The number of amides is 1. The van der Waals surface area contributed by atoms with Gasteiger partial charge in [0.25, 0.3) is 5.91 Å². The van der Waals surface area contributed by atoms with Crippen molar-refractivity contribution >= 4 is 11.6 Å². The van der Waals surface area contributed by atoms with Gasteiger partial charge in [-0.1, -0.05) is 12.1 Å². The number of fused-ring (bicyclic) bond motifs is 1. The van der Waals surface area contributed by atoms with Crippen molar-refractivity contribution in [1.82, 2.24) is 0 Å². The number of anilines is 1. The number of carbonyl (C=O) groups is 1. The molecule has 0 aromatic heterocycles. The topological polar surface area (TPSA) is 56.8 Å². The Hall–Kier alpha value is -2.69. The number of nitrogens with one attached hydrogen (secondary N) is 1. The van der Waals surface area contributed by atoms with Gasteiger partial charge in [0.05, 0.1) is 0 Å². The standard InChI is InChI=1S/C19H21NO4/c1-12-4-5-13(2)17(10-12)24-14(3)19(21)20-15-6-7-16-18(11-15)23-9-8-22-16/h4-7,10-11,14H,8-9H2,1-3H3,(H,20,21). The van der Waals surface area contributed by atoms with Gasteiger partial charge in [0.2, 0.25) is 0 Å². The van der Waals surface area contributed by atoms with Crippen LogP contribution in [0.2, 0.25) is 0 Å². The summed E-state index contributed by atoms with van der Waals surface area (Å²) >= 11 is 0. The van der Waals surface area contributed by atoms with Crippen LogP contribution in [0.15, 0.2) is 36.4 Å². The average Bonchev–Trinajstić information content (AvgIpc) is 2.58. The van der Waals surface area contributed by atoms with E-state index < -0.39 is 6.10 Å². The van der Waals surface area contributed by atoms with Crippen LogP contribution in [0.1, 0.15) is 18.1 Å². The summed E-state index contributed by atoms with van der Waals surface area (Å²) < 4.78 is 16.8. The Morgan fingerprint density at radius 2 is 1.83 bits per heavy atom. The Labute approximate surface area is 141 Å². The number of carbonyl (C=O) groups excluding carboxylic acids is 1. The second-order valence-electron chi connectivity index (χ2n) is 5.88. The Kier molecular flexibility index (Phi) is 4.60. The van der Waals surface area contributed by atoms with Crippen LogP contribution in [0.25, 0.3) is 0 Å². The summed E-state index contributed by atoms with van der Waals surface area (Å²) in [7, 11) is 0. The fraction of sp³-hybridized carbons (Fsp3) is 0.316. The third-order valence-electron chi connectivity index (χ3n) is 3.83. The second-order valence-corrected chi connectivity index (χ2v) is 5.88. The fourth-order valence-electron chi connectivity index (χ4n) is 2.44. The highest BCUT2D eigenvalue weighted by Crippen LogP contribution is 2.32. The molecular weight excluding hydrogens is 306 g/mol. The molecule has 0 fully saturated rings. The molecule has 0 spiro atoms. The van der Waals surface area contributed by atoms with Gasteiger partial charge in [0.1, 0.15) is 19.0 Å². The summed E-state index contributed by atoms with van der Waals surface area (Å²) in [6, 6.07) is 11.3. The van der Waals surface area contributed by atoms with Gasteiger partial charge in [0.15, 0.2) is 17.6 Å². The van der Waals surface area contributed by atoms with Gasteiger partial charge in [-0.3, -0.25) is 4.79 Å². The second kappa shape index (κ2) is 6.83. The maximum Gasteiger partial charge on any atom is 0.265 e. The molecule has 2 aromatic carbocycles. The average molecular weight is 327 g/mol. The molecule has 5 nitrogen and oxygen atoms in total. The van der Waals surface area contributed by atoms with Crippen LogP contribution in [0.3, 0.4) is 0 Å². The van der Waals surface area contributed by atoms with E-state index in [4.69, 9.17) is 14.2 Å². The number of hydrogen-bond acceptors (Lipinski definition) is 4. The van der Waals surface area contributed by atoms with E-state index in [9.17, 15) is 4.79 Å². The highest BCUT2D eigenvalue weighted by molar-refractivity contribution is 5.94. The molecule has 1 aliphatic heterocycles. The number of rotatable bonds is 4. The molecule has 0 radical (unpaired) electrons. The lowest BCUT2D eigenvalue weighted by Gasteiger charge is -2.20. The Morgan fingerprint density at radius 3 is 2.62 bits per heavy atom. The van der Waals surface area contributed by atoms with Gasteiger partial charge in [0, 0.05) is 11.8 Å². The lowest BCUT2D eigenvalue weighted by Crippen LogP contribution is -2.30. The minimum atomic E-state index is -0.612. The summed E-state index contributed by atoms with van der Waals surface area (Å²) in [6.45, 7) is 6.73. The number of benzene rings is 2. The highest BCUT2D eigenvalue weighted by atomic mass is 16.6. The van der Waals surface area contributed by atoms with Crippen molar-refractivity contribution in [1.29, 1.82) is 0 Å². The van der Waals surface area contributed by atoms with E-state index in [-0.39, 0.29) is 5.91 Å². The van der Waals surface area contributed by atoms with Crippen molar-refractivity contribution in [2.24, 2.45) is 0 Å². The minimum Gasteiger partial charge on any atom is -0.486 e. The molecule has 24 heavy (non-hydrogen) atoms. The van der Waals surface area contributed by atoms with Crippen molar-refractivity contribution in [2.45, 2.75) is 26.9 Å². The molecule has 2 aromatic rings. The van der Waals surface area contributed by atoms with Crippen LogP contribution in [0.5, 0.6) is 17.2 Å². The first-order chi connectivity index (χ1) is 11.5. The monoisotopic (exact) mass is 327 g/mol. The molecule has 1 N–H and O–H groups in total. The van der Waals surface area contributed by atoms with Gasteiger partial charge in [-0.25, -0.2) is 0 Å². The summed E-state index contributed by atoms with van der Waals surface area (Å²) in [5.41, 5.74) is 2.75. The smallest absolute Gasteiger partial charge is 0.265 e. The summed E-state index contributed by atoms with van der Waals surface area (Å²) in [5, 5.41) is 2.85. The van der Waals surface area contributed by atoms with Gasteiger partial charge in [-0.15, -0.1) is 0 Å². The molecule has 1 heterocycles. The molecule has 0 saturated carbocycles. The third-order valence-corrected chi connectivity index (χ3v) is 3.83. The summed E-state index contributed by atoms with van der Waals surface area (Å²) in [6.07, 6.45) is -0.612. The van der Waals surface area contributed by atoms with Crippen molar-refractivity contribution in [3.63, 3.8) is 0 Å². The number of aryl methyl sites for hydroxylation is 2. The number of hydrogen-bond donors (Lipinski definition) is 1.